The SMILES string of the molecule is C=C(NNC(=O)OC)c1ccc(O)cc1O. The van der Waals surface area contributed by atoms with Gasteiger partial charge in [-0.25, -0.2) is 10.2 Å². The Hall–Kier alpha value is -2.37. The molecular formula is C10H12N2O4. The second-order valence-electron chi connectivity index (χ2n) is 2.92. The Balaban J connectivity index is 2.70. The number of phenols is 2. The summed E-state index contributed by atoms with van der Waals surface area (Å²) in [5, 5.41) is 18.6. The van der Waals surface area contributed by atoms with Crippen LogP contribution < -0.4 is 10.9 Å². The minimum absolute atomic E-state index is 0.0602. The van der Waals surface area contributed by atoms with Crippen LogP contribution in [-0.2, 0) is 4.74 Å². The van der Waals surface area contributed by atoms with Crippen LogP contribution in [0.5, 0.6) is 11.5 Å². The lowest BCUT2D eigenvalue weighted by Crippen LogP contribution is -2.35. The maximum Gasteiger partial charge on any atom is 0.425 e. The highest BCUT2D eigenvalue weighted by Gasteiger charge is 2.07. The number of hydrazine groups is 1. The van der Waals surface area contributed by atoms with Gasteiger partial charge >= 0.3 is 6.09 Å². The van der Waals surface area contributed by atoms with Crippen molar-refractivity contribution in [3.63, 3.8) is 0 Å². The Morgan fingerprint density at radius 1 is 1.38 bits per heavy atom. The van der Waals surface area contributed by atoms with Gasteiger partial charge in [0.25, 0.3) is 0 Å². The molecule has 0 saturated carbocycles. The van der Waals surface area contributed by atoms with Gasteiger partial charge in [0.1, 0.15) is 11.5 Å². The van der Waals surface area contributed by atoms with Gasteiger partial charge in [-0.15, -0.1) is 0 Å². The largest absolute Gasteiger partial charge is 0.508 e. The average molecular weight is 224 g/mol. The maximum atomic E-state index is 10.7. The van der Waals surface area contributed by atoms with E-state index in [0.29, 0.717) is 5.56 Å². The summed E-state index contributed by atoms with van der Waals surface area (Å²) in [5.74, 6) is -0.209. The smallest absolute Gasteiger partial charge is 0.425 e. The van der Waals surface area contributed by atoms with E-state index in [1.165, 1.54) is 25.3 Å². The summed E-state index contributed by atoms with van der Waals surface area (Å²) in [4.78, 5) is 10.7. The van der Waals surface area contributed by atoms with Crippen LogP contribution in [0.2, 0.25) is 0 Å². The topological polar surface area (TPSA) is 90.8 Å². The molecule has 86 valence electrons. The predicted octanol–water partition coefficient (Wildman–Crippen LogP) is 0.929. The molecular weight excluding hydrogens is 212 g/mol. The van der Waals surface area contributed by atoms with E-state index in [9.17, 15) is 9.90 Å². The molecule has 6 nitrogen and oxygen atoms in total. The van der Waals surface area contributed by atoms with Crippen LogP contribution in [0.15, 0.2) is 24.8 Å². The number of phenolic OH excluding ortho intramolecular Hbond substituents is 2. The molecule has 0 atom stereocenters. The zero-order valence-electron chi connectivity index (χ0n) is 8.65. The number of benzene rings is 1. The fourth-order valence-electron chi connectivity index (χ4n) is 1.02. The van der Waals surface area contributed by atoms with Crippen molar-refractivity contribution in [2.45, 2.75) is 0 Å². The molecule has 0 spiro atoms. The lowest BCUT2D eigenvalue weighted by Gasteiger charge is -2.11. The van der Waals surface area contributed by atoms with E-state index < -0.39 is 6.09 Å². The molecule has 0 unspecified atom stereocenters. The van der Waals surface area contributed by atoms with E-state index in [-0.39, 0.29) is 17.2 Å². The summed E-state index contributed by atoms with van der Waals surface area (Å²) in [5.41, 5.74) is 5.26. The number of amides is 1. The maximum absolute atomic E-state index is 10.7. The summed E-state index contributed by atoms with van der Waals surface area (Å²) in [6, 6.07) is 4.01. The molecule has 0 saturated heterocycles. The number of hydrogen-bond donors (Lipinski definition) is 4. The van der Waals surface area contributed by atoms with Crippen molar-refractivity contribution in [1.82, 2.24) is 10.9 Å². The van der Waals surface area contributed by atoms with E-state index in [0.717, 1.165) is 0 Å². The minimum atomic E-state index is -0.681. The molecule has 0 aliphatic carbocycles. The van der Waals surface area contributed by atoms with Gasteiger partial charge in [-0.1, -0.05) is 6.58 Å². The fraction of sp³-hybridized carbons (Fsp3) is 0.100. The summed E-state index contributed by atoms with van der Waals surface area (Å²) in [7, 11) is 1.22. The number of hydrogen-bond acceptors (Lipinski definition) is 5. The van der Waals surface area contributed by atoms with Gasteiger partial charge in [-0.05, 0) is 12.1 Å². The van der Waals surface area contributed by atoms with Crippen molar-refractivity contribution >= 4 is 11.8 Å². The molecule has 0 aromatic heterocycles. The third-order valence-corrected chi connectivity index (χ3v) is 1.81. The first-order valence-electron chi connectivity index (χ1n) is 4.36. The van der Waals surface area contributed by atoms with Crippen LogP contribution in [0.25, 0.3) is 5.70 Å². The van der Waals surface area contributed by atoms with Crippen molar-refractivity contribution in [1.29, 1.82) is 0 Å². The number of rotatable bonds is 3. The Morgan fingerprint density at radius 3 is 2.62 bits per heavy atom. The standard InChI is InChI=1S/C10H12N2O4/c1-6(11-12-10(15)16-2)8-4-3-7(13)5-9(8)14/h3-5,11,13-14H,1H2,2H3,(H,12,15). The van der Waals surface area contributed by atoms with Gasteiger partial charge in [-0.2, -0.15) is 0 Å². The first kappa shape index (κ1) is 11.7. The molecule has 4 N–H and O–H groups in total. The molecule has 16 heavy (non-hydrogen) atoms. The molecule has 0 heterocycles. The number of ether oxygens (including phenoxy) is 1. The highest BCUT2D eigenvalue weighted by molar-refractivity contribution is 5.72. The van der Waals surface area contributed by atoms with E-state index in [1.54, 1.807) is 0 Å². The summed E-state index contributed by atoms with van der Waals surface area (Å²) in [6.45, 7) is 3.60. The van der Waals surface area contributed by atoms with Gasteiger partial charge in [-0.3, -0.25) is 5.43 Å². The molecule has 0 radical (unpaired) electrons. The third kappa shape index (κ3) is 2.81. The molecule has 0 fully saturated rings. The van der Waals surface area contributed by atoms with Gasteiger partial charge in [0, 0.05) is 11.6 Å². The third-order valence-electron chi connectivity index (χ3n) is 1.81. The minimum Gasteiger partial charge on any atom is -0.508 e. The highest BCUT2D eigenvalue weighted by atomic mass is 16.5. The molecule has 1 aromatic rings. The second-order valence-corrected chi connectivity index (χ2v) is 2.92. The van der Waals surface area contributed by atoms with Crippen molar-refractivity contribution in [2.24, 2.45) is 0 Å². The van der Waals surface area contributed by atoms with Crippen molar-refractivity contribution in [3.05, 3.63) is 30.3 Å². The Labute approximate surface area is 92.1 Å². The normalized spacial score (nSPS) is 9.31. The van der Waals surface area contributed by atoms with Crippen LogP contribution in [0.4, 0.5) is 4.79 Å². The predicted molar refractivity (Wildman–Crippen MR) is 57.5 cm³/mol. The van der Waals surface area contributed by atoms with Crippen LogP contribution in [-0.4, -0.2) is 23.4 Å². The fourth-order valence-corrected chi connectivity index (χ4v) is 1.02. The van der Waals surface area contributed by atoms with E-state index in [2.05, 4.69) is 22.2 Å². The van der Waals surface area contributed by atoms with Crippen molar-refractivity contribution in [3.8, 4) is 11.5 Å². The first-order chi connectivity index (χ1) is 7.54. The van der Waals surface area contributed by atoms with Crippen LogP contribution in [0, 0.1) is 0 Å². The first-order valence-corrected chi connectivity index (χ1v) is 4.36. The Bertz CT molecular complexity index is 417. The molecule has 1 amide bonds. The van der Waals surface area contributed by atoms with Gasteiger partial charge in [0.05, 0.1) is 12.8 Å². The monoisotopic (exact) mass is 224 g/mol. The number of carbonyl (C=O) groups is 1. The summed E-state index contributed by atoms with van der Waals surface area (Å²) >= 11 is 0. The lowest BCUT2D eigenvalue weighted by molar-refractivity contribution is 0.168. The van der Waals surface area contributed by atoms with Gasteiger partial charge in [0.15, 0.2) is 0 Å². The number of methoxy groups -OCH3 is 1. The highest BCUT2D eigenvalue weighted by Crippen LogP contribution is 2.26. The van der Waals surface area contributed by atoms with Crippen molar-refractivity contribution < 1.29 is 19.7 Å². The van der Waals surface area contributed by atoms with Crippen LogP contribution >= 0.6 is 0 Å². The van der Waals surface area contributed by atoms with Crippen LogP contribution in [0.1, 0.15) is 5.56 Å². The molecule has 1 aromatic carbocycles. The zero-order chi connectivity index (χ0) is 12.1. The molecule has 1 rings (SSSR count). The lowest BCUT2D eigenvalue weighted by atomic mass is 10.1. The molecule has 6 heteroatoms. The van der Waals surface area contributed by atoms with E-state index in [4.69, 9.17) is 5.11 Å². The number of carbonyl (C=O) groups excluding carboxylic acids is 1. The van der Waals surface area contributed by atoms with Gasteiger partial charge in [0.2, 0.25) is 0 Å². The zero-order valence-corrected chi connectivity index (χ0v) is 8.65. The van der Waals surface area contributed by atoms with Crippen LogP contribution in [0.3, 0.4) is 0 Å². The quantitative estimate of drug-likeness (QED) is 0.573. The number of nitrogens with one attached hydrogen (secondary N) is 2. The molecule has 0 aliphatic heterocycles. The number of aromatic hydroxyl groups is 2. The molecule has 0 bridgehead atoms. The summed E-state index contributed by atoms with van der Waals surface area (Å²) in [6.07, 6.45) is -0.681. The van der Waals surface area contributed by atoms with E-state index >= 15 is 0 Å². The Morgan fingerprint density at radius 2 is 2.06 bits per heavy atom. The van der Waals surface area contributed by atoms with E-state index in [1.807, 2.05) is 0 Å². The molecule has 0 aliphatic rings. The second kappa shape index (κ2) is 4.92. The van der Waals surface area contributed by atoms with Crippen molar-refractivity contribution in [2.75, 3.05) is 7.11 Å². The average Bonchev–Trinajstić information content (AvgIpc) is 2.25. The van der Waals surface area contributed by atoms with Gasteiger partial charge < -0.3 is 14.9 Å². The Kier molecular flexibility index (Phi) is 3.60. The summed E-state index contributed by atoms with van der Waals surface area (Å²) < 4.78 is 4.33.